The molecular formula is C30H38N4O4S. The molecule has 1 saturated carbocycles. The summed E-state index contributed by atoms with van der Waals surface area (Å²) in [5.74, 6) is -0.875. The third-order valence-corrected chi connectivity index (χ3v) is 9.89. The van der Waals surface area contributed by atoms with Crippen LogP contribution in [0.1, 0.15) is 73.2 Å². The number of aryl methyl sites for hydroxylation is 2. The highest BCUT2D eigenvalue weighted by Gasteiger charge is 2.37. The lowest BCUT2D eigenvalue weighted by molar-refractivity contribution is -0.129. The number of sulfonamides is 1. The van der Waals surface area contributed by atoms with Gasteiger partial charge in [-0.05, 0) is 80.8 Å². The van der Waals surface area contributed by atoms with E-state index >= 15 is 0 Å². The van der Waals surface area contributed by atoms with Crippen LogP contribution in [0.15, 0.2) is 59.8 Å². The number of nitrogens with zero attached hydrogens (tertiary/aromatic N) is 1. The van der Waals surface area contributed by atoms with Gasteiger partial charge in [0.2, 0.25) is 11.8 Å². The lowest BCUT2D eigenvalue weighted by Crippen LogP contribution is -2.51. The Kier molecular flexibility index (Phi) is 8.37. The van der Waals surface area contributed by atoms with Crippen LogP contribution in [-0.2, 0) is 32.5 Å². The SMILES string of the molecule is Cc1ccc(S(=O)(=O)N2C=CNC(=O)[C@H]2CC(=O)N[C@@H]2CCCc3cc(CCNC4CCCC4)ccc32)cc1. The third-order valence-electron chi connectivity index (χ3n) is 8.09. The van der Waals surface area contributed by atoms with Gasteiger partial charge in [0.05, 0.1) is 17.4 Å². The van der Waals surface area contributed by atoms with Gasteiger partial charge in [-0.25, -0.2) is 8.42 Å². The predicted octanol–water partition coefficient (Wildman–Crippen LogP) is 3.61. The van der Waals surface area contributed by atoms with Crippen LogP contribution in [0.2, 0.25) is 0 Å². The molecular weight excluding hydrogens is 512 g/mol. The maximum atomic E-state index is 13.3. The van der Waals surface area contributed by atoms with Crippen molar-refractivity contribution >= 4 is 21.8 Å². The van der Waals surface area contributed by atoms with Gasteiger partial charge in [0.25, 0.3) is 10.0 Å². The molecule has 3 N–H and O–H groups in total. The predicted molar refractivity (Wildman–Crippen MR) is 150 cm³/mol. The fraction of sp³-hybridized carbons (Fsp3) is 0.467. The topological polar surface area (TPSA) is 108 Å². The molecule has 0 spiro atoms. The molecule has 1 aliphatic heterocycles. The minimum Gasteiger partial charge on any atom is -0.349 e. The molecule has 0 unspecified atom stereocenters. The van der Waals surface area contributed by atoms with Crippen LogP contribution in [-0.4, -0.2) is 43.2 Å². The lowest BCUT2D eigenvalue weighted by Gasteiger charge is -2.32. The van der Waals surface area contributed by atoms with Crippen LogP contribution in [0.25, 0.3) is 0 Å². The van der Waals surface area contributed by atoms with Gasteiger partial charge in [0, 0.05) is 18.4 Å². The van der Waals surface area contributed by atoms with Gasteiger partial charge in [-0.1, -0.05) is 48.7 Å². The van der Waals surface area contributed by atoms with Crippen molar-refractivity contribution in [2.24, 2.45) is 0 Å². The zero-order valence-corrected chi connectivity index (χ0v) is 23.3. The minimum atomic E-state index is -4.01. The normalized spacial score (nSPS) is 21.5. The summed E-state index contributed by atoms with van der Waals surface area (Å²) >= 11 is 0. The first-order valence-electron chi connectivity index (χ1n) is 14.0. The summed E-state index contributed by atoms with van der Waals surface area (Å²) in [6.07, 6.45) is 11.3. The minimum absolute atomic E-state index is 0.0771. The average Bonchev–Trinajstić information content (AvgIpc) is 3.44. The van der Waals surface area contributed by atoms with Crippen LogP contribution in [0, 0.1) is 6.92 Å². The number of benzene rings is 2. The number of carbonyl (C=O) groups excluding carboxylic acids is 2. The van der Waals surface area contributed by atoms with Gasteiger partial charge in [-0.15, -0.1) is 0 Å². The van der Waals surface area contributed by atoms with E-state index in [1.165, 1.54) is 61.3 Å². The number of hydrogen-bond donors (Lipinski definition) is 3. The first-order chi connectivity index (χ1) is 18.8. The van der Waals surface area contributed by atoms with Crippen LogP contribution in [0.5, 0.6) is 0 Å². The lowest BCUT2D eigenvalue weighted by atomic mass is 9.86. The molecule has 8 nitrogen and oxygen atoms in total. The second-order valence-corrected chi connectivity index (χ2v) is 12.8. The number of nitrogens with one attached hydrogen (secondary N) is 3. The van der Waals surface area contributed by atoms with Crippen molar-refractivity contribution in [3.8, 4) is 0 Å². The fourth-order valence-corrected chi connectivity index (χ4v) is 7.37. The van der Waals surface area contributed by atoms with Crippen molar-refractivity contribution in [1.82, 2.24) is 20.3 Å². The number of carbonyl (C=O) groups is 2. The van der Waals surface area contributed by atoms with E-state index in [0.29, 0.717) is 6.04 Å². The first kappa shape index (κ1) is 27.4. The van der Waals surface area contributed by atoms with Crippen molar-refractivity contribution in [2.45, 2.75) is 87.7 Å². The van der Waals surface area contributed by atoms with E-state index in [0.717, 1.165) is 47.7 Å². The van der Waals surface area contributed by atoms with E-state index in [1.807, 2.05) is 6.92 Å². The summed E-state index contributed by atoms with van der Waals surface area (Å²) in [7, 11) is -4.01. The molecule has 0 bridgehead atoms. The third kappa shape index (κ3) is 6.36. The first-order valence-corrected chi connectivity index (χ1v) is 15.5. The Bertz CT molecular complexity index is 1330. The highest BCUT2D eigenvalue weighted by atomic mass is 32.2. The number of amides is 2. The quantitative estimate of drug-likeness (QED) is 0.442. The molecule has 2 atom stereocenters. The Hall–Kier alpha value is -3.17. The molecule has 2 aromatic rings. The standard InChI is InChI=1S/C30H38N4O4S/c1-21-9-12-25(13-10-21)39(37,38)34-18-17-32-30(36)28(34)20-29(35)33-27-8-4-5-23-19-22(11-14-26(23)27)15-16-31-24-6-2-3-7-24/h9-14,17-19,24,27-28,31H,2-8,15-16,20H2,1H3,(H,32,36)(H,33,35)/t27-,28-/m1/s1. The number of hydrogen-bond acceptors (Lipinski definition) is 5. The van der Waals surface area contributed by atoms with Crippen molar-refractivity contribution in [3.05, 3.63) is 77.1 Å². The summed E-state index contributed by atoms with van der Waals surface area (Å²) in [6.45, 7) is 2.85. The van der Waals surface area contributed by atoms with Crippen molar-refractivity contribution in [1.29, 1.82) is 0 Å². The van der Waals surface area contributed by atoms with E-state index < -0.39 is 22.0 Å². The van der Waals surface area contributed by atoms with E-state index in [4.69, 9.17) is 0 Å². The van der Waals surface area contributed by atoms with Crippen molar-refractivity contribution < 1.29 is 18.0 Å². The van der Waals surface area contributed by atoms with Gasteiger partial charge < -0.3 is 16.0 Å². The van der Waals surface area contributed by atoms with Crippen molar-refractivity contribution in [2.75, 3.05) is 6.54 Å². The molecule has 2 amide bonds. The Labute approximate surface area is 231 Å². The fourth-order valence-electron chi connectivity index (χ4n) is 5.92. The van der Waals surface area contributed by atoms with Gasteiger partial charge in [-0.3, -0.25) is 13.9 Å². The Morgan fingerprint density at radius 1 is 1.05 bits per heavy atom. The molecule has 9 heteroatoms. The molecule has 0 aromatic heterocycles. The molecule has 1 fully saturated rings. The van der Waals surface area contributed by atoms with Gasteiger partial charge in [0.1, 0.15) is 6.04 Å². The maximum absolute atomic E-state index is 13.3. The summed E-state index contributed by atoms with van der Waals surface area (Å²) in [6, 6.07) is 12.3. The van der Waals surface area contributed by atoms with Crippen LogP contribution in [0.4, 0.5) is 0 Å². The van der Waals surface area contributed by atoms with Gasteiger partial charge >= 0.3 is 0 Å². The molecule has 1 heterocycles. The summed E-state index contributed by atoms with van der Waals surface area (Å²) in [4.78, 5) is 26.0. The zero-order chi connectivity index (χ0) is 27.4. The monoisotopic (exact) mass is 550 g/mol. The number of fused-ring (bicyclic) bond motifs is 1. The molecule has 3 aliphatic rings. The summed E-state index contributed by atoms with van der Waals surface area (Å²) in [5.41, 5.74) is 4.59. The smallest absolute Gasteiger partial charge is 0.264 e. The second kappa shape index (κ2) is 11.9. The summed E-state index contributed by atoms with van der Waals surface area (Å²) in [5, 5.41) is 9.31. The van der Waals surface area contributed by atoms with Crippen molar-refractivity contribution in [3.63, 3.8) is 0 Å². The van der Waals surface area contributed by atoms with E-state index in [9.17, 15) is 18.0 Å². The van der Waals surface area contributed by atoms with Crippen LogP contribution in [0.3, 0.4) is 0 Å². The molecule has 2 aliphatic carbocycles. The molecule has 208 valence electrons. The molecule has 39 heavy (non-hydrogen) atoms. The Morgan fingerprint density at radius 2 is 1.82 bits per heavy atom. The second-order valence-electron chi connectivity index (χ2n) is 10.9. The van der Waals surface area contributed by atoms with E-state index in [2.05, 4.69) is 34.1 Å². The Morgan fingerprint density at radius 3 is 2.59 bits per heavy atom. The molecule has 0 saturated heterocycles. The molecule has 0 radical (unpaired) electrons. The Balaban J connectivity index is 1.24. The van der Waals surface area contributed by atoms with Gasteiger partial charge in [-0.2, -0.15) is 0 Å². The highest BCUT2D eigenvalue weighted by Crippen LogP contribution is 2.31. The van der Waals surface area contributed by atoms with E-state index in [-0.39, 0.29) is 23.3 Å². The van der Waals surface area contributed by atoms with Crippen LogP contribution >= 0.6 is 0 Å². The average molecular weight is 551 g/mol. The zero-order valence-electron chi connectivity index (χ0n) is 22.5. The summed E-state index contributed by atoms with van der Waals surface area (Å²) < 4.78 is 27.7. The maximum Gasteiger partial charge on any atom is 0.264 e. The van der Waals surface area contributed by atoms with Crippen LogP contribution < -0.4 is 16.0 Å². The number of rotatable bonds is 9. The van der Waals surface area contributed by atoms with E-state index in [1.54, 1.807) is 12.1 Å². The van der Waals surface area contributed by atoms with Gasteiger partial charge in [0.15, 0.2) is 0 Å². The molecule has 2 aromatic carbocycles. The highest BCUT2D eigenvalue weighted by molar-refractivity contribution is 7.89. The largest absolute Gasteiger partial charge is 0.349 e. The molecule has 5 rings (SSSR count).